The third-order valence-electron chi connectivity index (χ3n) is 3.43. The van der Waals surface area contributed by atoms with Crippen LogP contribution in [0.3, 0.4) is 0 Å². The summed E-state index contributed by atoms with van der Waals surface area (Å²) >= 11 is 0. The second-order valence-electron chi connectivity index (χ2n) is 6.48. The van der Waals surface area contributed by atoms with Crippen LogP contribution in [0.2, 0.25) is 0 Å². The summed E-state index contributed by atoms with van der Waals surface area (Å²) in [4.78, 5) is 0. The highest BCUT2D eigenvalue weighted by Crippen LogP contribution is 2.34. The van der Waals surface area contributed by atoms with Gasteiger partial charge in [-0.25, -0.2) is 0 Å². The van der Waals surface area contributed by atoms with E-state index < -0.39 is 5.60 Å². The van der Waals surface area contributed by atoms with E-state index in [1.54, 1.807) is 0 Å². The van der Waals surface area contributed by atoms with E-state index in [0.29, 0.717) is 17.3 Å². The first kappa shape index (κ1) is 14.0. The van der Waals surface area contributed by atoms with E-state index in [0.717, 1.165) is 12.8 Å². The van der Waals surface area contributed by atoms with Gasteiger partial charge < -0.3 is 5.11 Å². The summed E-state index contributed by atoms with van der Waals surface area (Å²) in [5, 5.41) is 9.65. The fourth-order valence-corrected chi connectivity index (χ4v) is 1.68. The van der Waals surface area contributed by atoms with Gasteiger partial charge in [-0.1, -0.05) is 34.6 Å². The van der Waals surface area contributed by atoms with Crippen molar-refractivity contribution >= 4 is 0 Å². The Morgan fingerprint density at radius 2 is 1.43 bits per heavy atom. The van der Waals surface area contributed by atoms with Gasteiger partial charge in [-0.15, -0.1) is 0 Å². The number of rotatable bonds is 4. The SMILES string of the molecule is C[C@H](CCC(C)(C)O)[C@@H](C)C(C)(C)C. The van der Waals surface area contributed by atoms with E-state index in [2.05, 4.69) is 34.6 Å². The molecule has 1 heteroatoms. The number of aliphatic hydroxyl groups is 1. The molecule has 0 unspecified atom stereocenters. The van der Waals surface area contributed by atoms with Gasteiger partial charge in [0.1, 0.15) is 0 Å². The first-order valence-electron chi connectivity index (χ1n) is 5.76. The monoisotopic (exact) mass is 200 g/mol. The molecular weight excluding hydrogens is 172 g/mol. The lowest BCUT2D eigenvalue weighted by Gasteiger charge is -2.33. The van der Waals surface area contributed by atoms with Crippen molar-refractivity contribution in [3.05, 3.63) is 0 Å². The first-order chi connectivity index (χ1) is 6.04. The van der Waals surface area contributed by atoms with Crippen molar-refractivity contribution in [3.63, 3.8) is 0 Å². The third-order valence-corrected chi connectivity index (χ3v) is 3.43. The van der Waals surface area contributed by atoms with Gasteiger partial charge in [0.15, 0.2) is 0 Å². The Labute approximate surface area is 89.9 Å². The molecule has 0 rings (SSSR count). The quantitative estimate of drug-likeness (QED) is 0.730. The van der Waals surface area contributed by atoms with Crippen molar-refractivity contribution < 1.29 is 5.11 Å². The Morgan fingerprint density at radius 1 is 1.00 bits per heavy atom. The van der Waals surface area contributed by atoms with E-state index in [1.165, 1.54) is 0 Å². The molecule has 0 aromatic heterocycles. The van der Waals surface area contributed by atoms with Gasteiger partial charge in [0, 0.05) is 0 Å². The van der Waals surface area contributed by atoms with Gasteiger partial charge in [-0.3, -0.25) is 0 Å². The minimum Gasteiger partial charge on any atom is -0.390 e. The summed E-state index contributed by atoms with van der Waals surface area (Å²) in [5.41, 5.74) is -0.134. The first-order valence-corrected chi connectivity index (χ1v) is 5.76. The van der Waals surface area contributed by atoms with Crippen molar-refractivity contribution in [3.8, 4) is 0 Å². The zero-order valence-electron chi connectivity index (χ0n) is 11.0. The molecule has 0 radical (unpaired) electrons. The fraction of sp³-hybridized carbons (Fsp3) is 1.00. The van der Waals surface area contributed by atoms with Crippen LogP contribution >= 0.6 is 0 Å². The van der Waals surface area contributed by atoms with Crippen molar-refractivity contribution in [2.24, 2.45) is 17.3 Å². The summed E-state index contributed by atoms with van der Waals surface area (Å²) in [6, 6.07) is 0. The number of hydrogen-bond acceptors (Lipinski definition) is 1. The van der Waals surface area contributed by atoms with E-state index >= 15 is 0 Å². The minimum atomic E-state index is -0.508. The Hall–Kier alpha value is -0.0400. The van der Waals surface area contributed by atoms with Gasteiger partial charge in [0.25, 0.3) is 0 Å². The highest BCUT2D eigenvalue weighted by Gasteiger charge is 2.26. The fourth-order valence-electron chi connectivity index (χ4n) is 1.68. The molecule has 0 saturated carbocycles. The van der Waals surface area contributed by atoms with E-state index in [4.69, 9.17) is 0 Å². The van der Waals surface area contributed by atoms with E-state index in [-0.39, 0.29) is 0 Å². The molecule has 0 aliphatic rings. The van der Waals surface area contributed by atoms with Crippen LogP contribution in [-0.2, 0) is 0 Å². The number of hydrogen-bond donors (Lipinski definition) is 1. The van der Waals surface area contributed by atoms with Crippen molar-refractivity contribution in [1.82, 2.24) is 0 Å². The van der Waals surface area contributed by atoms with Gasteiger partial charge in [-0.05, 0) is 43.9 Å². The highest BCUT2D eigenvalue weighted by atomic mass is 16.3. The summed E-state index contributed by atoms with van der Waals surface area (Å²) in [6.45, 7) is 15.3. The molecule has 0 fully saturated rings. The van der Waals surface area contributed by atoms with Crippen molar-refractivity contribution in [2.45, 2.75) is 66.9 Å². The molecule has 0 saturated heterocycles. The van der Waals surface area contributed by atoms with Gasteiger partial charge in [0.05, 0.1) is 5.60 Å². The molecule has 86 valence electrons. The Balaban J connectivity index is 4.03. The largest absolute Gasteiger partial charge is 0.390 e. The zero-order valence-corrected chi connectivity index (χ0v) is 11.0. The average Bonchev–Trinajstić information content (AvgIpc) is 1.95. The average molecular weight is 200 g/mol. The highest BCUT2D eigenvalue weighted by molar-refractivity contribution is 4.76. The molecule has 14 heavy (non-hydrogen) atoms. The van der Waals surface area contributed by atoms with Crippen molar-refractivity contribution in [2.75, 3.05) is 0 Å². The predicted octanol–water partition coefficient (Wildman–Crippen LogP) is 3.86. The molecule has 0 amide bonds. The molecule has 0 aliphatic carbocycles. The third kappa shape index (κ3) is 5.64. The summed E-state index contributed by atoms with van der Waals surface area (Å²) in [7, 11) is 0. The van der Waals surface area contributed by atoms with Crippen molar-refractivity contribution in [1.29, 1.82) is 0 Å². The second kappa shape index (κ2) is 4.65. The molecule has 1 N–H and O–H groups in total. The van der Waals surface area contributed by atoms with E-state index in [9.17, 15) is 5.11 Å². The molecule has 1 nitrogen and oxygen atoms in total. The lowest BCUT2D eigenvalue weighted by Crippen LogP contribution is -2.26. The van der Waals surface area contributed by atoms with Crippen LogP contribution in [0.5, 0.6) is 0 Å². The maximum absolute atomic E-state index is 9.65. The van der Waals surface area contributed by atoms with Crippen LogP contribution in [0.15, 0.2) is 0 Å². The van der Waals surface area contributed by atoms with Crippen LogP contribution in [0.25, 0.3) is 0 Å². The van der Waals surface area contributed by atoms with Gasteiger partial charge >= 0.3 is 0 Å². The van der Waals surface area contributed by atoms with Crippen LogP contribution < -0.4 is 0 Å². The molecule has 2 atom stereocenters. The molecule has 0 aliphatic heterocycles. The lowest BCUT2D eigenvalue weighted by atomic mass is 9.73. The van der Waals surface area contributed by atoms with Crippen LogP contribution in [-0.4, -0.2) is 10.7 Å². The Bertz CT molecular complexity index is 159. The topological polar surface area (TPSA) is 20.2 Å². The van der Waals surface area contributed by atoms with E-state index in [1.807, 2.05) is 13.8 Å². The zero-order chi connectivity index (χ0) is 11.6. The predicted molar refractivity (Wildman–Crippen MR) is 63.3 cm³/mol. The van der Waals surface area contributed by atoms with Crippen LogP contribution in [0, 0.1) is 17.3 Å². The molecular formula is C13H28O. The lowest BCUT2D eigenvalue weighted by molar-refractivity contribution is 0.0556. The Kier molecular flexibility index (Phi) is 4.64. The molecule has 0 heterocycles. The van der Waals surface area contributed by atoms with Crippen LogP contribution in [0.1, 0.15) is 61.3 Å². The van der Waals surface area contributed by atoms with Gasteiger partial charge in [0.2, 0.25) is 0 Å². The summed E-state index contributed by atoms with van der Waals surface area (Å²) < 4.78 is 0. The summed E-state index contributed by atoms with van der Waals surface area (Å²) in [6.07, 6.45) is 2.01. The van der Waals surface area contributed by atoms with Gasteiger partial charge in [-0.2, -0.15) is 0 Å². The maximum Gasteiger partial charge on any atom is 0.0591 e. The maximum atomic E-state index is 9.65. The standard InChI is InChI=1S/C13H28O/c1-10(8-9-13(6,7)14)11(2)12(3,4)5/h10-11,14H,8-9H2,1-7H3/t10-,11-/m1/s1. The molecule has 0 spiro atoms. The minimum absolute atomic E-state index is 0.374. The smallest absolute Gasteiger partial charge is 0.0591 e. The van der Waals surface area contributed by atoms with Crippen LogP contribution in [0.4, 0.5) is 0 Å². The second-order valence-corrected chi connectivity index (χ2v) is 6.48. The molecule has 0 bridgehead atoms. The molecule has 0 aromatic rings. The normalized spacial score (nSPS) is 18.0. The Morgan fingerprint density at radius 3 is 1.71 bits per heavy atom. The molecule has 0 aromatic carbocycles. The summed E-state index contributed by atoms with van der Waals surface area (Å²) in [5.74, 6) is 1.38.